The van der Waals surface area contributed by atoms with Crippen LogP contribution < -0.4 is 11.1 Å². The Hall–Kier alpha value is -1.46. The molecule has 0 saturated carbocycles. The molecule has 4 nitrogen and oxygen atoms in total. The summed E-state index contributed by atoms with van der Waals surface area (Å²) in [5.41, 5.74) is 6.20. The fourth-order valence-electron chi connectivity index (χ4n) is 1.22. The van der Waals surface area contributed by atoms with Gasteiger partial charge in [0.1, 0.15) is 11.9 Å². The zero-order valence-electron chi connectivity index (χ0n) is 9.07. The minimum absolute atomic E-state index is 0.162. The lowest BCUT2D eigenvalue weighted by Gasteiger charge is -2.11. The maximum atomic E-state index is 12.8. The Labute approximate surface area is 93.6 Å². The quantitative estimate of drug-likeness (QED) is 0.764. The van der Waals surface area contributed by atoms with Crippen LogP contribution in [0, 0.1) is 5.82 Å². The molecule has 5 heteroatoms. The van der Waals surface area contributed by atoms with E-state index in [0.717, 1.165) is 0 Å². The van der Waals surface area contributed by atoms with Crippen molar-refractivity contribution in [2.45, 2.75) is 12.6 Å². The maximum Gasteiger partial charge on any atom is 0.239 e. The van der Waals surface area contributed by atoms with E-state index in [1.54, 1.807) is 12.1 Å². The van der Waals surface area contributed by atoms with Gasteiger partial charge in [-0.05, 0) is 17.7 Å². The standard InChI is InChI=1S/C11H15FN2O2/c1-16-7-10(13)11(15)14-6-8-3-2-4-9(12)5-8/h2-5,10H,6-7,13H2,1H3,(H,14,15). The van der Waals surface area contributed by atoms with Gasteiger partial charge < -0.3 is 15.8 Å². The summed E-state index contributed by atoms with van der Waals surface area (Å²) in [5, 5.41) is 2.60. The number of hydrogen-bond acceptors (Lipinski definition) is 3. The van der Waals surface area contributed by atoms with Gasteiger partial charge in [0.05, 0.1) is 6.61 Å². The first-order chi connectivity index (χ1) is 7.63. The summed E-state index contributed by atoms with van der Waals surface area (Å²) in [5.74, 6) is -0.640. The van der Waals surface area contributed by atoms with E-state index in [-0.39, 0.29) is 24.9 Å². The van der Waals surface area contributed by atoms with Crippen molar-refractivity contribution in [2.75, 3.05) is 13.7 Å². The summed E-state index contributed by atoms with van der Waals surface area (Å²) in [6.45, 7) is 0.420. The Morgan fingerprint density at radius 2 is 2.38 bits per heavy atom. The zero-order chi connectivity index (χ0) is 12.0. The second-order valence-electron chi connectivity index (χ2n) is 3.41. The third-order valence-corrected chi connectivity index (χ3v) is 2.04. The number of nitrogens with two attached hydrogens (primary N) is 1. The predicted molar refractivity (Wildman–Crippen MR) is 58.1 cm³/mol. The lowest BCUT2D eigenvalue weighted by atomic mass is 10.2. The lowest BCUT2D eigenvalue weighted by Crippen LogP contribution is -2.43. The highest BCUT2D eigenvalue weighted by Crippen LogP contribution is 2.02. The van der Waals surface area contributed by atoms with Crippen LogP contribution in [0.2, 0.25) is 0 Å². The molecule has 0 spiro atoms. The van der Waals surface area contributed by atoms with Crippen molar-refractivity contribution in [3.05, 3.63) is 35.6 Å². The molecule has 3 N–H and O–H groups in total. The normalized spacial score (nSPS) is 12.2. The Kier molecular flexibility index (Phi) is 4.88. The van der Waals surface area contributed by atoms with Crippen LogP contribution in [0.4, 0.5) is 4.39 Å². The molecule has 0 fully saturated rings. The van der Waals surface area contributed by atoms with Gasteiger partial charge in [0.2, 0.25) is 5.91 Å². The summed E-state index contributed by atoms with van der Waals surface area (Å²) >= 11 is 0. The Morgan fingerprint density at radius 3 is 3.00 bits per heavy atom. The first kappa shape index (κ1) is 12.6. The van der Waals surface area contributed by atoms with Gasteiger partial charge in [-0.3, -0.25) is 4.79 Å². The van der Waals surface area contributed by atoms with E-state index in [2.05, 4.69) is 5.32 Å². The molecule has 0 radical (unpaired) electrons. The second kappa shape index (κ2) is 6.19. The van der Waals surface area contributed by atoms with E-state index in [4.69, 9.17) is 10.5 Å². The van der Waals surface area contributed by atoms with Crippen LogP contribution in [0.5, 0.6) is 0 Å². The third kappa shape index (κ3) is 3.96. The molecule has 0 bridgehead atoms. The molecular formula is C11H15FN2O2. The summed E-state index contributed by atoms with van der Waals surface area (Å²) in [7, 11) is 1.47. The van der Waals surface area contributed by atoms with E-state index < -0.39 is 6.04 Å². The number of hydrogen-bond donors (Lipinski definition) is 2. The fraction of sp³-hybridized carbons (Fsp3) is 0.364. The first-order valence-corrected chi connectivity index (χ1v) is 4.90. The molecule has 16 heavy (non-hydrogen) atoms. The average molecular weight is 226 g/mol. The number of benzene rings is 1. The van der Waals surface area contributed by atoms with Crippen LogP contribution in [-0.4, -0.2) is 25.7 Å². The number of methoxy groups -OCH3 is 1. The fourth-order valence-corrected chi connectivity index (χ4v) is 1.22. The molecule has 1 aromatic carbocycles. The summed E-state index contributed by atoms with van der Waals surface area (Å²) < 4.78 is 17.6. The largest absolute Gasteiger partial charge is 0.383 e. The molecule has 88 valence electrons. The molecule has 0 aromatic heterocycles. The van der Waals surface area contributed by atoms with E-state index in [1.165, 1.54) is 19.2 Å². The van der Waals surface area contributed by atoms with Gasteiger partial charge in [0.15, 0.2) is 0 Å². The minimum Gasteiger partial charge on any atom is -0.383 e. The van der Waals surface area contributed by atoms with Crippen LogP contribution in [0.15, 0.2) is 24.3 Å². The van der Waals surface area contributed by atoms with E-state index in [0.29, 0.717) is 5.56 Å². The van der Waals surface area contributed by atoms with Crippen molar-refractivity contribution >= 4 is 5.91 Å². The summed E-state index contributed by atoms with van der Waals surface area (Å²) in [6.07, 6.45) is 0. The molecule has 0 aliphatic carbocycles. The number of carbonyl (C=O) groups excluding carboxylic acids is 1. The average Bonchev–Trinajstić information content (AvgIpc) is 2.26. The van der Waals surface area contributed by atoms with E-state index >= 15 is 0 Å². The van der Waals surface area contributed by atoms with E-state index in [9.17, 15) is 9.18 Å². The molecule has 1 atom stereocenters. The highest BCUT2D eigenvalue weighted by molar-refractivity contribution is 5.81. The van der Waals surface area contributed by atoms with Crippen LogP contribution >= 0.6 is 0 Å². The van der Waals surface area contributed by atoms with Crippen LogP contribution in [-0.2, 0) is 16.1 Å². The molecule has 0 saturated heterocycles. The predicted octanol–water partition coefficient (Wildman–Crippen LogP) is 0.416. The molecule has 0 heterocycles. The first-order valence-electron chi connectivity index (χ1n) is 4.90. The lowest BCUT2D eigenvalue weighted by molar-refractivity contribution is -0.123. The Balaban J connectivity index is 2.42. The third-order valence-electron chi connectivity index (χ3n) is 2.04. The number of nitrogens with one attached hydrogen (secondary N) is 1. The van der Waals surface area contributed by atoms with Crippen molar-refractivity contribution in [1.82, 2.24) is 5.32 Å². The van der Waals surface area contributed by atoms with Crippen molar-refractivity contribution in [3.8, 4) is 0 Å². The highest BCUT2D eigenvalue weighted by atomic mass is 19.1. The summed E-state index contributed by atoms with van der Waals surface area (Å²) in [4.78, 5) is 11.4. The zero-order valence-corrected chi connectivity index (χ0v) is 9.07. The van der Waals surface area contributed by atoms with Crippen molar-refractivity contribution in [3.63, 3.8) is 0 Å². The van der Waals surface area contributed by atoms with Gasteiger partial charge in [-0.15, -0.1) is 0 Å². The number of ether oxygens (including phenoxy) is 1. The monoisotopic (exact) mass is 226 g/mol. The van der Waals surface area contributed by atoms with Crippen molar-refractivity contribution < 1.29 is 13.9 Å². The second-order valence-corrected chi connectivity index (χ2v) is 3.41. The minimum atomic E-state index is -0.696. The van der Waals surface area contributed by atoms with Gasteiger partial charge >= 0.3 is 0 Å². The number of amides is 1. The van der Waals surface area contributed by atoms with Gasteiger partial charge in [-0.1, -0.05) is 12.1 Å². The van der Waals surface area contributed by atoms with Gasteiger partial charge in [-0.25, -0.2) is 4.39 Å². The van der Waals surface area contributed by atoms with Gasteiger partial charge in [-0.2, -0.15) is 0 Å². The van der Waals surface area contributed by atoms with Crippen molar-refractivity contribution in [2.24, 2.45) is 5.73 Å². The topological polar surface area (TPSA) is 64.3 Å². The van der Waals surface area contributed by atoms with Crippen LogP contribution in [0.1, 0.15) is 5.56 Å². The highest BCUT2D eigenvalue weighted by Gasteiger charge is 2.12. The molecule has 0 aliphatic heterocycles. The van der Waals surface area contributed by atoms with Gasteiger partial charge in [0.25, 0.3) is 0 Å². The van der Waals surface area contributed by atoms with Crippen LogP contribution in [0.3, 0.4) is 0 Å². The number of carbonyl (C=O) groups is 1. The molecule has 0 aliphatic rings. The van der Waals surface area contributed by atoms with Gasteiger partial charge in [0, 0.05) is 13.7 Å². The smallest absolute Gasteiger partial charge is 0.239 e. The van der Waals surface area contributed by atoms with Crippen LogP contribution in [0.25, 0.3) is 0 Å². The number of halogens is 1. The Morgan fingerprint density at radius 1 is 1.62 bits per heavy atom. The Bertz CT molecular complexity index is 358. The van der Waals surface area contributed by atoms with Crippen molar-refractivity contribution in [1.29, 1.82) is 0 Å². The molecular weight excluding hydrogens is 211 g/mol. The molecule has 1 unspecified atom stereocenters. The van der Waals surface area contributed by atoms with E-state index in [1.807, 2.05) is 0 Å². The molecule has 1 rings (SSSR count). The maximum absolute atomic E-state index is 12.8. The number of rotatable bonds is 5. The molecule has 1 aromatic rings. The SMILES string of the molecule is COCC(N)C(=O)NCc1cccc(F)c1. The summed E-state index contributed by atoms with van der Waals surface area (Å²) in [6, 6.07) is 5.33. The molecule has 1 amide bonds.